The molecule has 9 heteroatoms. The molecule has 24 heavy (non-hydrogen) atoms. The average molecular weight is 379 g/mol. The van der Waals surface area contributed by atoms with Crippen molar-refractivity contribution in [1.82, 2.24) is 4.72 Å². The lowest BCUT2D eigenvalue weighted by atomic mass is 10.0. The topological polar surface area (TPSA) is 108 Å². The highest BCUT2D eigenvalue weighted by Gasteiger charge is 2.37. The summed E-state index contributed by atoms with van der Waals surface area (Å²) in [6.45, 7) is 0.245. The number of carbonyl (C=O) groups is 1. The molecule has 1 saturated carbocycles. The summed E-state index contributed by atoms with van der Waals surface area (Å²) in [6.07, 6.45) is 3.31. The van der Waals surface area contributed by atoms with E-state index in [9.17, 15) is 13.2 Å². The van der Waals surface area contributed by atoms with Crippen LogP contribution >= 0.6 is 12.4 Å². The minimum Gasteiger partial charge on any atom is -0.495 e. The van der Waals surface area contributed by atoms with Crippen molar-refractivity contribution in [3.8, 4) is 5.75 Å². The van der Waals surface area contributed by atoms with E-state index in [2.05, 4.69) is 9.46 Å². The Morgan fingerprint density at radius 1 is 1.29 bits per heavy atom. The molecule has 2 rings (SSSR count). The van der Waals surface area contributed by atoms with Gasteiger partial charge in [0.05, 0.1) is 19.8 Å². The number of halogens is 1. The van der Waals surface area contributed by atoms with Gasteiger partial charge in [-0.3, -0.25) is 0 Å². The second-order valence-corrected chi connectivity index (χ2v) is 7.31. The van der Waals surface area contributed by atoms with Crippen LogP contribution in [0.15, 0.2) is 23.1 Å². The third kappa shape index (κ3) is 4.18. The van der Waals surface area contributed by atoms with Crippen LogP contribution in [0.4, 0.5) is 0 Å². The van der Waals surface area contributed by atoms with E-state index in [0.29, 0.717) is 12.8 Å². The number of hydrogen-bond acceptors (Lipinski definition) is 6. The highest BCUT2D eigenvalue weighted by atomic mass is 35.5. The number of ether oxygens (including phenoxy) is 2. The van der Waals surface area contributed by atoms with E-state index in [1.807, 2.05) is 0 Å². The molecular weight excluding hydrogens is 356 g/mol. The molecule has 0 spiro atoms. The summed E-state index contributed by atoms with van der Waals surface area (Å²) in [5.74, 6) is -0.472. The van der Waals surface area contributed by atoms with Crippen LogP contribution < -0.4 is 15.2 Å². The Morgan fingerprint density at radius 2 is 1.92 bits per heavy atom. The molecule has 1 aromatic rings. The van der Waals surface area contributed by atoms with Crippen LogP contribution in [-0.2, 0) is 14.8 Å². The first-order valence-electron chi connectivity index (χ1n) is 7.38. The van der Waals surface area contributed by atoms with Gasteiger partial charge in [-0.05, 0) is 31.0 Å². The predicted molar refractivity (Wildman–Crippen MR) is 92.2 cm³/mol. The van der Waals surface area contributed by atoms with Crippen LogP contribution in [0.5, 0.6) is 5.75 Å². The monoisotopic (exact) mass is 378 g/mol. The van der Waals surface area contributed by atoms with Crippen molar-refractivity contribution in [2.24, 2.45) is 5.73 Å². The van der Waals surface area contributed by atoms with Crippen LogP contribution in [0.3, 0.4) is 0 Å². The zero-order chi connectivity index (χ0) is 17.1. The first kappa shape index (κ1) is 20.7. The quantitative estimate of drug-likeness (QED) is 0.725. The molecule has 0 amide bonds. The Hall–Kier alpha value is -1.35. The van der Waals surface area contributed by atoms with Gasteiger partial charge in [-0.2, -0.15) is 0 Å². The fourth-order valence-electron chi connectivity index (χ4n) is 2.87. The molecule has 1 aliphatic carbocycles. The van der Waals surface area contributed by atoms with Crippen molar-refractivity contribution in [1.29, 1.82) is 0 Å². The Balaban J connectivity index is 0.00000288. The van der Waals surface area contributed by atoms with Crippen molar-refractivity contribution in [2.45, 2.75) is 36.1 Å². The molecule has 0 aliphatic heterocycles. The van der Waals surface area contributed by atoms with Gasteiger partial charge in [-0.15, -0.1) is 12.4 Å². The molecule has 136 valence electrons. The first-order chi connectivity index (χ1) is 10.9. The van der Waals surface area contributed by atoms with Crippen LogP contribution in [0.2, 0.25) is 0 Å². The van der Waals surface area contributed by atoms with Crippen LogP contribution in [0.1, 0.15) is 36.0 Å². The molecule has 0 aromatic heterocycles. The normalized spacial score (nSPS) is 16.3. The lowest BCUT2D eigenvalue weighted by Gasteiger charge is -2.28. The third-order valence-electron chi connectivity index (χ3n) is 4.18. The van der Waals surface area contributed by atoms with Gasteiger partial charge in [0.15, 0.2) is 0 Å². The van der Waals surface area contributed by atoms with Gasteiger partial charge in [0, 0.05) is 12.1 Å². The molecular formula is C15H23ClN2O5S. The number of rotatable bonds is 6. The number of nitrogens with one attached hydrogen (secondary N) is 1. The van der Waals surface area contributed by atoms with Crippen molar-refractivity contribution in [3.63, 3.8) is 0 Å². The van der Waals surface area contributed by atoms with E-state index in [1.54, 1.807) is 0 Å². The Kier molecular flexibility index (Phi) is 7.03. The number of methoxy groups -OCH3 is 2. The summed E-state index contributed by atoms with van der Waals surface area (Å²) in [5, 5.41) is 0. The number of nitrogens with two attached hydrogens (primary N) is 1. The minimum atomic E-state index is -3.81. The lowest BCUT2D eigenvalue weighted by Crippen LogP contribution is -2.51. The molecule has 0 saturated heterocycles. The molecule has 3 N–H and O–H groups in total. The molecule has 0 radical (unpaired) electrons. The summed E-state index contributed by atoms with van der Waals surface area (Å²) in [6, 6.07) is 4.09. The zero-order valence-electron chi connectivity index (χ0n) is 13.7. The van der Waals surface area contributed by atoms with Crippen molar-refractivity contribution < 1.29 is 22.7 Å². The van der Waals surface area contributed by atoms with E-state index in [0.717, 1.165) is 12.8 Å². The summed E-state index contributed by atoms with van der Waals surface area (Å²) in [4.78, 5) is 11.5. The second-order valence-electron chi connectivity index (χ2n) is 5.65. The van der Waals surface area contributed by atoms with Crippen LogP contribution in [0, 0.1) is 0 Å². The third-order valence-corrected chi connectivity index (χ3v) is 5.79. The molecule has 0 atom stereocenters. The first-order valence-corrected chi connectivity index (χ1v) is 8.86. The second kappa shape index (κ2) is 8.15. The van der Waals surface area contributed by atoms with E-state index in [-0.39, 0.29) is 35.2 Å². The molecule has 1 fully saturated rings. The summed E-state index contributed by atoms with van der Waals surface area (Å²) in [7, 11) is -1.21. The minimum absolute atomic E-state index is 0. The number of esters is 1. The van der Waals surface area contributed by atoms with Gasteiger partial charge in [-0.1, -0.05) is 12.8 Å². The maximum Gasteiger partial charge on any atom is 0.337 e. The van der Waals surface area contributed by atoms with Crippen molar-refractivity contribution >= 4 is 28.4 Å². The fraction of sp³-hybridized carbons (Fsp3) is 0.533. The van der Waals surface area contributed by atoms with E-state index < -0.39 is 21.5 Å². The number of hydrogen-bond donors (Lipinski definition) is 2. The fourth-order valence-corrected chi connectivity index (χ4v) is 4.50. The lowest BCUT2D eigenvalue weighted by molar-refractivity contribution is 0.0600. The van der Waals surface area contributed by atoms with Gasteiger partial charge in [0.1, 0.15) is 10.6 Å². The van der Waals surface area contributed by atoms with Gasteiger partial charge in [0.25, 0.3) is 0 Å². The molecule has 0 unspecified atom stereocenters. The molecule has 1 aromatic carbocycles. The van der Waals surface area contributed by atoms with Crippen LogP contribution in [-0.4, -0.2) is 40.7 Å². The zero-order valence-corrected chi connectivity index (χ0v) is 15.3. The largest absolute Gasteiger partial charge is 0.495 e. The number of sulfonamides is 1. The highest BCUT2D eigenvalue weighted by molar-refractivity contribution is 7.89. The molecule has 1 aliphatic rings. The maximum absolute atomic E-state index is 12.7. The van der Waals surface area contributed by atoms with Crippen LogP contribution in [0.25, 0.3) is 0 Å². The predicted octanol–water partition coefficient (Wildman–Crippen LogP) is 1.45. The summed E-state index contributed by atoms with van der Waals surface area (Å²) < 4.78 is 37.9. The average Bonchev–Trinajstić information content (AvgIpc) is 3.01. The molecule has 7 nitrogen and oxygen atoms in total. The highest BCUT2D eigenvalue weighted by Crippen LogP contribution is 2.32. The maximum atomic E-state index is 12.7. The Labute approximate surface area is 148 Å². The Morgan fingerprint density at radius 3 is 2.42 bits per heavy atom. The smallest absolute Gasteiger partial charge is 0.337 e. The summed E-state index contributed by atoms with van der Waals surface area (Å²) in [5.41, 5.74) is 5.40. The number of benzene rings is 1. The van der Waals surface area contributed by atoms with E-state index in [4.69, 9.17) is 10.5 Å². The van der Waals surface area contributed by atoms with Crippen molar-refractivity contribution in [3.05, 3.63) is 23.8 Å². The van der Waals surface area contributed by atoms with Gasteiger partial charge in [0.2, 0.25) is 10.0 Å². The molecule has 0 bridgehead atoms. The van der Waals surface area contributed by atoms with Gasteiger partial charge >= 0.3 is 5.97 Å². The van der Waals surface area contributed by atoms with Gasteiger partial charge in [-0.25, -0.2) is 17.9 Å². The van der Waals surface area contributed by atoms with Crippen molar-refractivity contribution in [2.75, 3.05) is 20.8 Å². The summed E-state index contributed by atoms with van der Waals surface area (Å²) >= 11 is 0. The standard InChI is InChI=1S/C15H22N2O5S.ClH/c1-21-12-9-11(14(18)22-2)5-6-13(12)23(19,20)17-15(10-16)7-3-4-8-15;/h5-6,9,17H,3-4,7-8,10,16H2,1-2H3;1H. The van der Waals surface area contributed by atoms with E-state index in [1.165, 1.54) is 32.4 Å². The number of carbonyl (C=O) groups excluding carboxylic acids is 1. The SMILES string of the molecule is COC(=O)c1ccc(S(=O)(=O)NC2(CN)CCCC2)c(OC)c1.Cl. The molecule has 0 heterocycles. The van der Waals surface area contributed by atoms with Gasteiger partial charge < -0.3 is 15.2 Å². The van der Waals surface area contributed by atoms with E-state index >= 15 is 0 Å². The Bertz CT molecular complexity index is 687.